The number of benzene rings is 1. The molecule has 0 radical (unpaired) electrons. The van der Waals surface area contributed by atoms with Gasteiger partial charge in [0, 0.05) is 16.9 Å². The summed E-state index contributed by atoms with van der Waals surface area (Å²) in [6, 6.07) is 9.69. The Bertz CT molecular complexity index is 520. The van der Waals surface area contributed by atoms with Crippen molar-refractivity contribution in [1.82, 2.24) is 4.98 Å². The molecule has 88 valence electrons. The molecule has 0 fully saturated rings. The maximum Gasteiger partial charge on any atom is 0.0567 e. The van der Waals surface area contributed by atoms with E-state index in [2.05, 4.69) is 4.98 Å². The van der Waals surface area contributed by atoms with E-state index in [0.717, 1.165) is 27.4 Å². The predicted octanol–water partition coefficient (Wildman–Crippen LogP) is 3.40. The van der Waals surface area contributed by atoms with E-state index in [0.29, 0.717) is 0 Å². The number of aromatic nitrogens is 1. The Balaban J connectivity index is 2.33. The van der Waals surface area contributed by atoms with Crippen molar-refractivity contribution in [2.75, 3.05) is 0 Å². The summed E-state index contributed by atoms with van der Waals surface area (Å²) in [7, 11) is 0. The van der Waals surface area contributed by atoms with Crippen molar-refractivity contribution in [3.05, 3.63) is 63.9 Å². The van der Waals surface area contributed by atoms with Crippen molar-refractivity contribution in [2.24, 2.45) is 5.73 Å². The summed E-state index contributed by atoms with van der Waals surface area (Å²) in [6.07, 6.45) is 1.81. The van der Waals surface area contributed by atoms with Crippen LogP contribution in [-0.2, 0) is 0 Å². The predicted molar refractivity (Wildman–Crippen MR) is 71.2 cm³/mol. The molecule has 2 rings (SSSR count). The van der Waals surface area contributed by atoms with Gasteiger partial charge >= 0.3 is 0 Å². The van der Waals surface area contributed by atoms with Crippen molar-refractivity contribution >= 4 is 11.6 Å². The van der Waals surface area contributed by atoms with Crippen LogP contribution in [0, 0.1) is 13.8 Å². The number of hydrogen-bond donors (Lipinski definition) is 1. The zero-order valence-electron chi connectivity index (χ0n) is 9.94. The molecule has 0 aliphatic carbocycles. The van der Waals surface area contributed by atoms with Crippen LogP contribution >= 0.6 is 11.6 Å². The Hall–Kier alpha value is -1.38. The van der Waals surface area contributed by atoms with Gasteiger partial charge in [-0.15, -0.1) is 0 Å². The van der Waals surface area contributed by atoms with Gasteiger partial charge in [-0.2, -0.15) is 0 Å². The van der Waals surface area contributed by atoms with Gasteiger partial charge in [0.05, 0.1) is 6.04 Å². The lowest BCUT2D eigenvalue weighted by atomic mass is 10.00. The van der Waals surface area contributed by atoms with Crippen molar-refractivity contribution < 1.29 is 0 Å². The Morgan fingerprint density at radius 2 is 1.82 bits per heavy atom. The molecule has 1 heterocycles. The number of nitrogens with zero attached hydrogens (tertiary/aromatic N) is 1. The molecule has 2 nitrogen and oxygen atoms in total. The van der Waals surface area contributed by atoms with Gasteiger partial charge in [-0.1, -0.05) is 29.8 Å². The largest absolute Gasteiger partial charge is 0.320 e. The summed E-state index contributed by atoms with van der Waals surface area (Å²) in [5.41, 5.74) is 10.2. The quantitative estimate of drug-likeness (QED) is 0.882. The summed E-state index contributed by atoms with van der Waals surface area (Å²) < 4.78 is 0. The van der Waals surface area contributed by atoms with Gasteiger partial charge in [-0.3, -0.25) is 4.98 Å². The molecule has 2 N–H and O–H groups in total. The smallest absolute Gasteiger partial charge is 0.0567 e. The highest BCUT2D eigenvalue weighted by Gasteiger charge is 2.10. The van der Waals surface area contributed by atoms with Crippen LogP contribution in [0.3, 0.4) is 0 Å². The lowest BCUT2D eigenvalue weighted by Crippen LogP contribution is -2.12. The van der Waals surface area contributed by atoms with E-state index >= 15 is 0 Å². The van der Waals surface area contributed by atoms with Crippen LogP contribution in [0.15, 0.2) is 36.5 Å². The first-order chi connectivity index (χ1) is 8.08. The maximum atomic E-state index is 6.19. The fraction of sp³-hybridized carbons (Fsp3) is 0.214. The van der Waals surface area contributed by atoms with Gasteiger partial charge in [-0.05, 0) is 42.7 Å². The van der Waals surface area contributed by atoms with Crippen LogP contribution in [-0.4, -0.2) is 4.98 Å². The Kier molecular flexibility index (Phi) is 3.46. The van der Waals surface area contributed by atoms with Crippen LogP contribution in [0.1, 0.15) is 28.4 Å². The van der Waals surface area contributed by atoms with Crippen LogP contribution in [0.2, 0.25) is 5.02 Å². The van der Waals surface area contributed by atoms with E-state index in [1.807, 2.05) is 50.4 Å². The van der Waals surface area contributed by atoms with Gasteiger partial charge in [0.1, 0.15) is 0 Å². The van der Waals surface area contributed by atoms with Crippen LogP contribution in [0.25, 0.3) is 0 Å². The molecule has 0 saturated heterocycles. The Morgan fingerprint density at radius 3 is 2.41 bits per heavy atom. The second-order valence-electron chi connectivity index (χ2n) is 4.22. The number of hydrogen-bond acceptors (Lipinski definition) is 2. The summed E-state index contributed by atoms with van der Waals surface area (Å²) >= 11 is 6.10. The Labute approximate surface area is 106 Å². The van der Waals surface area contributed by atoms with Crippen molar-refractivity contribution in [3.63, 3.8) is 0 Å². The van der Waals surface area contributed by atoms with Gasteiger partial charge < -0.3 is 5.73 Å². The van der Waals surface area contributed by atoms with E-state index in [4.69, 9.17) is 17.3 Å². The molecule has 1 aromatic heterocycles. The van der Waals surface area contributed by atoms with Gasteiger partial charge in [0.2, 0.25) is 0 Å². The van der Waals surface area contributed by atoms with E-state index in [1.165, 1.54) is 0 Å². The summed E-state index contributed by atoms with van der Waals surface area (Å²) in [6.45, 7) is 3.93. The fourth-order valence-corrected chi connectivity index (χ4v) is 1.85. The minimum Gasteiger partial charge on any atom is -0.320 e. The molecule has 17 heavy (non-hydrogen) atoms. The molecule has 0 saturated carbocycles. The van der Waals surface area contributed by atoms with Crippen molar-refractivity contribution in [1.29, 1.82) is 0 Å². The van der Waals surface area contributed by atoms with Crippen molar-refractivity contribution in [2.45, 2.75) is 19.9 Å². The van der Waals surface area contributed by atoms with Crippen LogP contribution < -0.4 is 5.73 Å². The van der Waals surface area contributed by atoms with Crippen molar-refractivity contribution in [3.8, 4) is 0 Å². The highest BCUT2D eigenvalue weighted by molar-refractivity contribution is 6.31. The van der Waals surface area contributed by atoms with Gasteiger partial charge in [0.15, 0.2) is 0 Å². The Morgan fingerprint density at radius 1 is 1.12 bits per heavy atom. The zero-order chi connectivity index (χ0) is 12.4. The van der Waals surface area contributed by atoms with Gasteiger partial charge in [-0.25, -0.2) is 0 Å². The number of rotatable bonds is 2. The van der Waals surface area contributed by atoms with E-state index in [1.54, 1.807) is 0 Å². The molecule has 0 spiro atoms. The molecule has 1 unspecified atom stereocenters. The zero-order valence-corrected chi connectivity index (χ0v) is 10.7. The molecule has 1 atom stereocenters. The third-order valence-corrected chi connectivity index (χ3v) is 3.26. The normalized spacial score (nSPS) is 12.5. The summed E-state index contributed by atoms with van der Waals surface area (Å²) in [4.78, 5) is 4.25. The lowest BCUT2D eigenvalue weighted by molar-refractivity contribution is 0.860. The molecule has 0 aliphatic heterocycles. The van der Waals surface area contributed by atoms with Gasteiger partial charge in [0.25, 0.3) is 0 Å². The number of aryl methyl sites for hydroxylation is 2. The highest BCUT2D eigenvalue weighted by Crippen LogP contribution is 2.24. The molecule has 2 aromatic rings. The average molecular weight is 247 g/mol. The minimum atomic E-state index is -0.179. The number of pyridine rings is 1. The second-order valence-corrected chi connectivity index (χ2v) is 4.63. The lowest BCUT2D eigenvalue weighted by Gasteiger charge is -2.13. The second kappa shape index (κ2) is 4.86. The third-order valence-electron chi connectivity index (χ3n) is 2.85. The van der Waals surface area contributed by atoms with Crippen LogP contribution in [0.5, 0.6) is 0 Å². The van der Waals surface area contributed by atoms with E-state index < -0.39 is 0 Å². The highest BCUT2D eigenvalue weighted by atomic mass is 35.5. The first kappa shape index (κ1) is 12.1. The maximum absolute atomic E-state index is 6.19. The van der Waals surface area contributed by atoms with Crippen LogP contribution in [0.4, 0.5) is 0 Å². The molecule has 3 heteroatoms. The molecule has 0 amide bonds. The summed E-state index contributed by atoms with van der Waals surface area (Å²) in [5, 5.41) is 0.748. The first-order valence-corrected chi connectivity index (χ1v) is 5.90. The molecule has 1 aromatic carbocycles. The third kappa shape index (κ3) is 2.65. The van der Waals surface area contributed by atoms with E-state index in [9.17, 15) is 0 Å². The average Bonchev–Trinajstić information content (AvgIpc) is 2.33. The standard InChI is InChI=1S/C14H15ClN2/c1-9-3-5-11(7-13(9)15)14(16)12-6-4-10(2)17-8-12/h3-8,14H,16H2,1-2H3. The molecular formula is C14H15ClN2. The topological polar surface area (TPSA) is 38.9 Å². The fourth-order valence-electron chi connectivity index (χ4n) is 1.66. The SMILES string of the molecule is Cc1ccc(C(N)c2ccc(C)c(Cl)c2)cn1. The number of nitrogens with two attached hydrogens (primary N) is 1. The molecule has 0 bridgehead atoms. The minimum absolute atomic E-state index is 0.179. The van der Waals surface area contributed by atoms with E-state index in [-0.39, 0.29) is 6.04 Å². The first-order valence-electron chi connectivity index (χ1n) is 5.52. The molecule has 0 aliphatic rings. The number of halogens is 1. The molecular weight excluding hydrogens is 232 g/mol. The summed E-state index contributed by atoms with van der Waals surface area (Å²) in [5.74, 6) is 0. The monoisotopic (exact) mass is 246 g/mol.